The highest BCUT2D eigenvalue weighted by molar-refractivity contribution is 5.97. The van der Waals surface area contributed by atoms with E-state index in [1.165, 1.54) is 24.5 Å². The quantitative estimate of drug-likeness (QED) is 0.316. The molecule has 0 saturated heterocycles. The van der Waals surface area contributed by atoms with E-state index in [9.17, 15) is 19.8 Å². The summed E-state index contributed by atoms with van der Waals surface area (Å²) in [4.78, 5) is 23.6. The normalized spacial score (nSPS) is 12.3. The second-order valence-electron chi connectivity index (χ2n) is 5.54. The number of hydrogen-bond donors (Lipinski definition) is 5. The van der Waals surface area contributed by atoms with Gasteiger partial charge in [0.15, 0.2) is 0 Å². The van der Waals surface area contributed by atoms with Crippen LogP contribution >= 0.6 is 0 Å². The zero-order valence-corrected chi connectivity index (χ0v) is 13.9. The van der Waals surface area contributed by atoms with E-state index in [-0.39, 0.29) is 11.3 Å². The molecule has 0 aliphatic carbocycles. The number of carbonyl (C=O) groups is 2. The molecule has 0 aromatic heterocycles. The molecule has 2 rings (SSSR count). The van der Waals surface area contributed by atoms with Crippen molar-refractivity contribution in [2.45, 2.75) is 19.1 Å². The number of benzene rings is 2. The average molecular weight is 354 g/mol. The van der Waals surface area contributed by atoms with Crippen LogP contribution in [0.3, 0.4) is 0 Å². The molecule has 0 aliphatic rings. The third-order valence-electron chi connectivity index (χ3n) is 3.53. The maximum Gasteiger partial charge on any atom is 0.268 e. The first kappa shape index (κ1) is 19.0. The fourth-order valence-corrected chi connectivity index (χ4v) is 2.09. The monoisotopic (exact) mass is 354 g/mol. The molecule has 134 valence electrons. The van der Waals surface area contributed by atoms with Crippen molar-refractivity contribution in [3.63, 3.8) is 0 Å². The first-order chi connectivity index (χ1) is 12.4. The van der Waals surface area contributed by atoms with Crippen LogP contribution in [0.15, 0.2) is 48.5 Å². The van der Waals surface area contributed by atoms with Gasteiger partial charge in [-0.05, 0) is 55.5 Å². The van der Waals surface area contributed by atoms with Crippen LogP contribution in [-0.4, -0.2) is 39.4 Å². The maximum absolute atomic E-state index is 12.2. The van der Waals surface area contributed by atoms with Gasteiger partial charge in [-0.25, -0.2) is 5.48 Å². The number of carbonyl (C=O) groups excluding carboxylic acids is 2. The number of phenolic OH excluding ortho intramolecular Hbond substituents is 1. The first-order valence-corrected chi connectivity index (χ1v) is 7.74. The van der Waals surface area contributed by atoms with E-state index in [1.807, 2.05) is 0 Å². The lowest BCUT2D eigenvalue weighted by molar-refractivity contribution is -0.133. The molecule has 5 N–H and O–H groups in total. The van der Waals surface area contributed by atoms with Crippen molar-refractivity contribution in [1.29, 1.82) is 0 Å². The van der Waals surface area contributed by atoms with Crippen molar-refractivity contribution in [2.75, 3.05) is 0 Å². The summed E-state index contributed by atoms with van der Waals surface area (Å²) >= 11 is 0. The van der Waals surface area contributed by atoms with E-state index in [0.29, 0.717) is 5.56 Å². The van der Waals surface area contributed by atoms with Gasteiger partial charge in [-0.1, -0.05) is 11.8 Å². The van der Waals surface area contributed by atoms with Crippen LogP contribution in [0.2, 0.25) is 0 Å². The Morgan fingerprint density at radius 3 is 1.92 bits per heavy atom. The zero-order chi connectivity index (χ0) is 19.1. The summed E-state index contributed by atoms with van der Waals surface area (Å²) in [5.74, 6) is 4.54. The van der Waals surface area contributed by atoms with Crippen molar-refractivity contribution in [3.8, 4) is 17.6 Å². The van der Waals surface area contributed by atoms with Gasteiger partial charge in [0.25, 0.3) is 11.8 Å². The lowest BCUT2D eigenvalue weighted by atomic mass is 10.1. The standard InChI is InChI=1S/C19H18N2O5/c1-12(22)17(19(25)21-26)20-18(24)15-8-4-13(5-9-15)2-3-14-6-10-16(23)11-7-14/h4-12,17,22-23,26H,1H3,(H,20,24)(H,21,25)/t12-,17+/m1/s1. The van der Waals surface area contributed by atoms with Gasteiger partial charge in [0.1, 0.15) is 11.8 Å². The Morgan fingerprint density at radius 1 is 0.962 bits per heavy atom. The molecular formula is C19H18N2O5. The van der Waals surface area contributed by atoms with Gasteiger partial charge >= 0.3 is 0 Å². The van der Waals surface area contributed by atoms with Gasteiger partial charge in [0.05, 0.1) is 6.10 Å². The first-order valence-electron chi connectivity index (χ1n) is 7.74. The Morgan fingerprint density at radius 2 is 1.46 bits per heavy atom. The summed E-state index contributed by atoms with van der Waals surface area (Å²) in [7, 11) is 0. The van der Waals surface area contributed by atoms with Gasteiger partial charge < -0.3 is 15.5 Å². The number of rotatable bonds is 4. The van der Waals surface area contributed by atoms with E-state index in [0.717, 1.165) is 5.56 Å². The van der Waals surface area contributed by atoms with Crippen molar-refractivity contribution >= 4 is 11.8 Å². The molecule has 7 heteroatoms. The van der Waals surface area contributed by atoms with Crippen LogP contribution in [0.4, 0.5) is 0 Å². The van der Waals surface area contributed by atoms with Crippen LogP contribution in [0.25, 0.3) is 0 Å². The summed E-state index contributed by atoms with van der Waals surface area (Å²) in [6.45, 7) is 1.32. The molecule has 0 fully saturated rings. The van der Waals surface area contributed by atoms with Crippen LogP contribution < -0.4 is 10.8 Å². The van der Waals surface area contributed by atoms with Crippen molar-refractivity contribution < 1.29 is 25.0 Å². The van der Waals surface area contributed by atoms with E-state index in [1.54, 1.807) is 36.4 Å². The molecule has 7 nitrogen and oxygen atoms in total. The fraction of sp³-hybridized carbons (Fsp3) is 0.158. The summed E-state index contributed by atoms with van der Waals surface area (Å²) in [5, 5.41) is 29.8. The third kappa shape index (κ3) is 5.08. The number of aromatic hydroxyl groups is 1. The van der Waals surface area contributed by atoms with Crippen LogP contribution in [-0.2, 0) is 4.79 Å². The minimum atomic E-state index is -1.28. The summed E-state index contributed by atoms with van der Waals surface area (Å²) < 4.78 is 0. The highest BCUT2D eigenvalue weighted by atomic mass is 16.5. The number of aliphatic hydroxyl groups is 1. The highest BCUT2D eigenvalue weighted by Gasteiger charge is 2.25. The maximum atomic E-state index is 12.2. The molecule has 0 heterocycles. The largest absolute Gasteiger partial charge is 0.508 e. The van der Waals surface area contributed by atoms with E-state index in [2.05, 4.69) is 17.2 Å². The molecular weight excluding hydrogens is 336 g/mol. The third-order valence-corrected chi connectivity index (χ3v) is 3.53. The molecule has 2 aromatic carbocycles. The minimum absolute atomic E-state index is 0.163. The predicted molar refractivity (Wildman–Crippen MR) is 93.4 cm³/mol. The summed E-state index contributed by atoms with van der Waals surface area (Å²) in [5.41, 5.74) is 3.09. The van der Waals surface area contributed by atoms with Crippen molar-refractivity contribution in [1.82, 2.24) is 10.8 Å². The molecule has 26 heavy (non-hydrogen) atoms. The van der Waals surface area contributed by atoms with Gasteiger partial charge in [0.2, 0.25) is 0 Å². The lowest BCUT2D eigenvalue weighted by Gasteiger charge is -2.19. The summed E-state index contributed by atoms with van der Waals surface area (Å²) in [6, 6.07) is 11.5. The molecule has 0 unspecified atom stereocenters. The van der Waals surface area contributed by atoms with Gasteiger partial charge in [-0.15, -0.1) is 0 Å². The number of amides is 2. The van der Waals surface area contributed by atoms with Crippen molar-refractivity contribution in [2.24, 2.45) is 0 Å². The molecule has 0 aliphatic heterocycles. The lowest BCUT2D eigenvalue weighted by Crippen LogP contribution is -2.51. The number of phenols is 1. The average Bonchev–Trinajstić information content (AvgIpc) is 2.65. The molecule has 0 saturated carbocycles. The molecule has 2 amide bonds. The number of aliphatic hydroxyl groups excluding tert-OH is 1. The van der Waals surface area contributed by atoms with E-state index >= 15 is 0 Å². The van der Waals surface area contributed by atoms with Crippen LogP contribution in [0, 0.1) is 11.8 Å². The second kappa shape index (κ2) is 8.67. The number of hydroxylamine groups is 1. The second-order valence-corrected chi connectivity index (χ2v) is 5.54. The molecule has 0 bridgehead atoms. The number of hydrogen-bond acceptors (Lipinski definition) is 5. The van der Waals surface area contributed by atoms with Gasteiger partial charge in [-0.2, -0.15) is 0 Å². The molecule has 2 atom stereocenters. The van der Waals surface area contributed by atoms with Crippen LogP contribution in [0.1, 0.15) is 28.4 Å². The fourth-order valence-electron chi connectivity index (χ4n) is 2.09. The van der Waals surface area contributed by atoms with Crippen molar-refractivity contribution in [3.05, 3.63) is 65.2 Å². The Hall–Kier alpha value is -3.34. The molecule has 2 aromatic rings. The highest BCUT2D eigenvalue weighted by Crippen LogP contribution is 2.09. The summed E-state index contributed by atoms with van der Waals surface area (Å²) in [6.07, 6.45) is -1.18. The Labute approximate surface area is 150 Å². The van der Waals surface area contributed by atoms with Gasteiger partial charge in [0, 0.05) is 16.7 Å². The SMILES string of the molecule is C[C@@H](O)[C@H](NC(=O)c1ccc(C#Cc2ccc(O)cc2)cc1)C(=O)NO. The number of nitrogens with one attached hydrogen (secondary N) is 2. The Balaban J connectivity index is 2.08. The topological polar surface area (TPSA) is 119 Å². The van der Waals surface area contributed by atoms with E-state index in [4.69, 9.17) is 5.21 Å². The van der Waals surface area contributed by atoms with Crippen LogP contribution in [0.5, 0.6) is 5.75 Å². The zero-order valence-electron chi connectivity index (χ0n) is 13.9. The Kier molecular flexibility index (Phi) is 6.33. The van der Waals surface area contributed by atoms with E-state index < -0.39 is 24.0 Å². The van der Waals surface area contributed by atoms with Gasteiger partial charge in [-0.3, -0.25) is 14.8 Å². The Bertz CT molecular complexity index is 833. The molecule has 0 spiro atoms. The minimum Gasteiger partial charge on any atom is -0.508 e. The smallest absolute Gasteiger partial charge is 0.268 e. The molecule has 0 radical (unpaired) electrons. The predicted octanol–water partition coefficient (Wildman–Crippen LogP) is 0.777.